The Bertz CT molecular complexity index is 402. The summed E-state index contributed by atoms with van der Waals surface area (Å²) in [5.41, 5.74) is 3.77. The van der Waals surface area contributed by atoms with E-state index in [0.717, 1.165) is 18.8 Å². The third-order valence-corrected chi connectivity index (χ3v) is 4.82. The van der Waals surface area contributed by atoms with Crippen molar-refractivity contribution in [3.63, 3.8) is 0 Å². The Morgan fingerprint density at radius 1 is 1.53 bits per heavy atom. The molecule has 1 aromatic heterocycles. The minimum absolute atomic E-state index is 0.678. The highest BCUT2D eigenvalue weighted by Gasteiger charge is 2.22. The number of aromatic nitrogens is 1. The maximum atomic E-state index is 4.46. The second-order valence-corrected chi connectivity index (χ2v) is 6.41. The van der Waals surface area contributed by atoms with Crippen molar-refractivity contribution >= 4 is 17.4 Å². The number of hydrogen-bond donors (Lipinski definition) is 1. The molecule has 2 rings (SSSR count). The van der Waals surface area contributed by atoms with E-state index in [9.17, 15) is 0 Å². The Labute approximate surface area is 121 Å². The van der Waals surface area contributed by atoms with Gasteiger partial charge in [-0.3, -0.25) is 4.98 Å². The first kappa shape index (κ1) is 14.7. The lowest BCUT2D eigenvalue weighted by Gasteiger charge is -2.28. The molecule has 0 spiro atoms. The van der Waals surface area contributed by atoms with Crippen molar-refractivity contribution in [2.24, 2.45) is 0 Å². The topological polar surface area (TPSA) is 28.2 Å². The Morgan fingerprint density at radius 2 is 2.37 bits per heavy atom. The van der Waals surface area contributed by atoms with Gasteiger partial charge in [-0.2, -0.15) is 11.8 Å². The van der Waals surface area contributed by atoms with Gasteiger partial charge in [0.25, 0.3) is 0 Å². The van der Waals surface area contributed by atoms with Crippen molar-refractivity contribution in [3.05, 3.63) is 23.5 Å². The Kier molecular flexibility index (Phi) is 5.52. The van der Waals surface area contributed by atoms with E-state index in [-0.39, 0.29) is 0 Å². The van der Waals surface area contributed by atoms with E-state index >= 15 is 0 Å². The standard InChI is InChI=1S/C15H25N3S/c1-4-6-16-9-13-10-17-12(2)8-15(13)18(3)14-5-7-19-11-14/h8,10,14,16H,4-7,9,11H2,1-3H3. The van der Waals surface area contributed by atoms with Crippen LogP contribution in [0.25, 0.3) is 0 Å². The second-order valence-electron chi connectivity index (χ2n) is 5.26. The molecule has 1 unspecified atom stereocenters. The van der Waals surface area contributed by atoms with Gasteiger partial charge in [0.15, 0.2) is 0 Å². The van der Waals surface area contributed by atoms with E-state index in [1.54, 1.807) is 0 Å². The van der Waals surface area contributed by atoms with Crippen LogP contribution in [0.1, 0.15) is 31.0 Å². The monoisotopic (exact) mass is 279 g/mol. The molecule has 1 saturated heterocycles. The van der Waals surface area contributed by atoms with Gasteiger partial charge in [0.2, 0.25) is 0 Å². The summed E-state index contributed by atoms with van der Waals surface area (Å²) in [7, 11) is 2.23. The average Bonchev–Trinajstić information content (AvgIpc) is 2.94. The van der Waals surface area contributed by atoms with E-state index in [1.807, 2.05) is 6.20 Å². The van der Waals surface area contributed by atoms with Crippen LogP contribution in [0.15, 0.2) is 12.3 Å². The molecule has 2 heterocycles. The fourth-order valence-corrected chi connectivity index (χ4v) is 3.73. The number of aryl methyl sites for hydroxylation is 1. The predicted molar refractivity (Wildman–Crippen MR) is 85.1 cm³/mol. The highest BCUT2D eigenvalue weighted by atomic mass is 32.2. The molecule has 0 bridgehead atoms. The molecule has 1 aliphatic rings. The van der Waals surface area contributed by atoms with Crippen LogP contribution < -0.4 is 10.2 Å². The molecular formula is C15H25N3S. The van der Waals surface area contributed by atoms with E-state index < -0.39 is 0 Å². The average molecular weight is 279 g/mol. The first-order chi connectivity index (χ1) is 9.22. The van der Waals surface area contributed by atoms with Crippen molar-refractivity contribution in [1.29, 1.82) is 0 Å². The summed E-state index contributed by atoms with van der Waals surface area (Å²) in [6.45, 7) is 6.25. The highest BCUT2D eigenvalue weighted by Crippen LogP contribution is 2.28. The van der Waals surface area contributed by atoms with Crippen LogP contribution in [0.2, 0.25) is 0 Å². The molecule has 19 heavy (non-hydrogen) atoms. The Hall–Kier alpha value is -0.740. The maximum Gasteiger partial charge on any atom is 0.0445 e. The number of pyridine rings is 1. The lowest BCUT2D eigenvalue weighted by Crippen LogP contribution is -2.32. The first-order valence-electron chi connectivity index (χ1n) is 7.19. The van der Waals surface area contributed by atoms with Gasteiger partial charge >= 0.3 is 0 Å². The molecule has 3 nitrogen and oxygen atoms in total. The second kappa shape index (κ2) is 7.15. The summed E-state index contributed by atoms with van der Waals surface area (Å²) < 4.78 is 0. The zero-order valence-electron chi connectivity index (χ0n) is 12.3. The molecule has 1 N–H and O–H groups in total. The van der Waals surface area contributed by atoms with Crippen LogP contribution in [0, 0.1) is 6.92 Å². The number of rotatable bonds is 6. The molecule has 0 saturated carbocycles. The van der Waals surface area contributed by atoms with Gasteiger partial charge < -0.3 is 10.2 Å². The van der Waals surface area contributed by atoms with Crippen LogP contribution in [0.3, 0.4) is 0 Å². The summed E-state index contributed by atoms with van der Waals surface area (Å²) in [6, 6.07) is 2.91. The van der Waals surface area contributed by atoms with Crippen molar-refractivity contribution in [1.82, 2.24) is 10.3 Å². The van der Waals surface area contributed by atoms with Gasteiger partial charge in [-0.1, -0.05) is 6.92 Å². The predicted octanol–water partition coefficient (Wildman–Crippen LogP) is 2.83. The lowest BCUT2D eigenvalue weighted by molar-refractivity contribution is 0.660. The van der Waals surface area contributed by atoms with Gasteiger partial charge in [0.1, 0.15) is 0 Å². The molecule has 1 atom stereocenters. The van der Waals surface area contributed by atoms with Crippen LogP contribution in [-0.4, -0.2) is 36.1 Å². The molecular weight excluding hydrogens is 254 g/mol. The van der Waals surface area contributed by atoms with Crippen molar-refractivity contribution in [2.75, 3.05) is 30.0 Å². The molecule has 4 heteroatoms. The zero-order chi connectivity index (χ0) is 13.7. The van der Waals surface area contributed by atoms with Gasteiger partial charge in [-0.25, -0.2) is 0 Å². The van der Waals surface area contributed by atoms with Gasteiger partial charge in [0.05, 0.1) is 0 Å². The third-order valence-electron chi connectivity index (χ3n) is 3.67. The minimum Gasteiger partial charge on any atom is -0.370 e. The zero-order valence-corrected chi connectivity index (χ0v) is 13.1. The summed E-state index contributed by atoms with van der Waals surface area (Å²) >= 11 is 2.06. The highest BCUT2D eigenvalue weighted by molar-refractivity contribution is 7.99. The molecule has 0 aliphatic carbocycles. The normalized spacial score (nSPS) is 18.8. The van der Waals surface area contributed by atoms with Crippen LogP contribution in [0.4, 0.5) is 5.69 Å². The maximum absolute atomic E-state index is 4.46. The molecule has 1 fully saturated rings. The van der Waals surface area contributed by atoms with Crippen molar-refractivity contribution in [3.8, 4) is 0 Å². The Balaban J connectivity index is 2.13. The Morgan fingerprint density at radius 3 is 3.05 bits per heavy atom. The number of hydrogen-bond acceptors (Lipinski definition) is 4. The van der Waals surface area contributed by atoms with Crippen molar-refractivity contribution < 1.29 is 0 Å². The summed E-state index contributed by atoms with van der Waals surface area (Å²) in [6.07, 6.45) is 4.50. The SMILES string of the molecule is CCCNCc1cnc(C)cc1N(C)C1CCSC1. The van der Waals surface area contributed by atoms with E-state index in [0.29, 0.717) is 6.04 Å². The largest absolute Gasteiger partial charge is 0.370 e. The van der Waals surface area contributed by atoms with E-state index in [4.69, 9.17) is 0 Å². The van der Waals surface area contributed by atoms with Crippen molar-refractivity contribution in [2.45, 2.75) is 39.3 Å². The minimum atomic E-state index is 0.678. The van der Waals surface area contributed by atoms with Gasteiger partial charge in [0, 0.05) is 48.5 Å². The smallest absolute Gasteiger partial charge is 0.0445 e. The number of nitrogens with zero attached hydrogens (tertiary/aromatic N) is 2. The number of thioether (sulfide) groups is 1. The summed E-state index contributed by atoms with van der Waals surface area (Å²) in [5, 5.41) is 3.48. The van der Waals surface area contributed by atoms with Crippen LogP contribution in [0.5, 0.6) is 0 Å². The molecule has 0 amide bonds. The van der Waals surface area contributed by atoms with Gasteiger partial charge in [-0.15, -0.1) is 0 Å². The molecule has 0 radical (unpaired) electrons. The fraction of sp³-hybridized carbons (Fsp3) is 0.667. The summed E-state index contributed by atoms with van der Waals surface area (Å²) in [5.74, 6) is 2.54. The fourth-order valence-electron chi connectivity index (χ4n) is 2.46. The number of nitrogens with one attached hydrogen (secondary N) is 1. The van der Waals surface area contributed by atoms with Crippen LogP contribution in [-0.2, 0) is 6.54 Å². The number of anilines is 1. The first-order valence-corrected chi connectivity index (χ1v) is 8.34. The van der Waals surface area contributed by atoms with E-state index in [2.05, 4.69) is 53.9 Å². The quantitative estimate of drug-likeness (QED) is 0.811. The summed E-state index contributed by atoms with van der Waals surface area (Å²) in [4.78, 5) is 6.91. The lowest BCUT2D eigenvalue weighted by atomic mass is 10.1. The molecule has 0 aromatic carbocycles. The van der Waals surface area contributed by atoms with Gasteiger partial charge in [-0.05, 0) is 38.1 Å². The molecule has 1 aromatic rings. The molecule has 106 valence electrons. The van der Waals surface area contributed by atoms with E-state index in [1.165, 1.54) is 35.6 Å². The molecule has 1 aliphatic heterocycles. The van der Waals surface area contributed by atoms with Crippen LogP contribution >= 0.6 is 11.8 Å². The third kappa shape index (κ3) is 3.86.